The van der Waals surface area contributed by atoms with Crippen molar-refractivity contribution in [2.45, 2.75) is 33.3 Å². The smallest absolute Gasteiger partial charge is 0.239 e. The summed E-state index contributed by atoms with van der Waals surface area (Å²) in [6.45, 7) is 7.05. The molecule has 110 valence electrons. The number of hydrogen-bond acceptors (Lipinski definition) is 5. The van der Waals surface area contributed by atoms with Crippen LogP contribution < -0.4 is 21.1 Å². The molecule has 1 atom stereocenters. The van der Waals surface area contributed by atoms with Crippen molar-refractivity contribution in [1.29, 1.82) is 0 Å². The van der Waals surface area contributed by atoms with Crippen LogP contribution in [0.4, 0.5) is 11.5 Å². The maximum atomic E-state index is 11.5. The number of aromatic nitrogens is 1. The van der Waals surface area contributed by atoms with Gasteiger partial charge in [0.1, 0.15) is 5.82 Å². The van der Waals surface area contributed by atoms with Gasteiger partial charge in [-0.3, -0.25) is 4.79 Å². The zero-order valence-electron chi connectivity index (χ0n) is 12.2. The fourth-order valence-corrected chi connectivity index (χ4v) is 2.29. The molecule has 1 aliphatic rings. The van der Waals surface area contributed by atoms with Crippen LogP contribution in [0.2, 0.25) is 0 Å². The van der Waals surface area contributed by atoms with Crippen molar-refractivity contribution < 1.29 is 9.53 Å². The molecule has 0 aromatic carbocycles. The van der Waals surface area contributed by atoms with Gasteiger partial charge in [0, 0.05) is 13.1 Å². The minimum absolute atomic E-state index is 0.00881. The first-order valence-electron chi connectivity index (χ1n) is 6.80. The second-order valence-corrected chi connectivity index (χ2v) is 5.83. The SMILES string of the molecule is CC(C)Oc1nc(N2CCC(C)(C(N)=O)C2)ccc1N. The Morgan fingerprint density at radius 3 is 2.75 bits per heavy atom. The fraction of sp³-hybridized carbons (Fsp3) is 0.571. The molecule has 1 aromatic heterocycles. The molecule has 0 radical (unpaired) electrons. The number of nitrogen functional groups attached to an aromatic ring is 1. The first kappa shape index (κ1) is 14.4. The third-order valence-corrected chi connectivity index (χ3v) is 3.61. The number of carbonyl (C=O) groups excluding carboxylic acids is 1. The summed E-state index contributed by atoms with van der Waals surface area (Å²) in [5.74, 6) is 0.930. The number of ether oxygens (including phenoxy) is 1. The van der Waals surface area contributed by atoms with Crippen LogP contribution in [-0.2, 0) is 4.79 Å². The minimum atomic E-state index is -0.498. The molecule has 1 saturated heterocycles. The van der Waals surface area contributed by atoms with Crippen LogP contribution in [0.15, 0.2) is 12.1 Å². The van der Waals surface area contributed by atoms with Gasteiger partial charge in [-0.05, 0) is 39.3 Å². The van der Waals surface area contributed by atoms with Gasteiger partial charge in [0.05, 0.1) is 17.2 Å². The van der Waals surface area contributed by atoms with Crippen LogP contribution in [0.3, 0.4) is 0 Å². The molecule has 6 heteroatoms. The fourth-order valence-electron chi connectivity index (χ4n) is 2.29. The van der Waals surface area contributed by atoms with Gasteiger partial charge < -0.3 is 21.1 Å². The van der Waals surface area contributed by atoms with Crippen LogP contribution in [0.5, 0.6) is 5.88 Å². The number of pyridine rings is 1. The molecule has 1 fully saturated rings. The van der Waals surface area contributed by atoms with E-state index in [0.29, 0.717) is 18.1 Å². The van der Waals surface area contributed by atoms with Gasteiger partial charge in [0.25, 0.3) is 0 Å². The standard InChI is InChI=1S/C14H22N4O2/c1-9(2)20-12-10(15)4-5-11(17-12)18-7-6-14(3,8-18)13(16)19/h4-5,9H,6-8,15H2,1-3H3,(H2,16,19). The predicted molar refractivity (Wildman–Crippen MR) is 78.5 cm³/mol. The average Bonchev–Trinajstić information content (AvgIpc) is 2.76. The number of primary amides is 1. The van der Waals surface area contributed by atoms with Gasteiger partial charge in [0.15, 0.2) is 0 Å². The van der Waals surface area contributed by atoms with Crippen LogP contribution >= 0.6 is 0 Å². The van der Waals surface area contributed by atoms with Gasteiger partial charge in [-0.25, -0.2) is 0 Å². The second-order valence-electron chi connectivity index (χ2n) is 5.83. The Kier molecular flexibility index (Phi) is 3.74. The number of anilines is 2. The Hall–Kier alpha value is -1.98. The minimum Gasteiger partial charge on any atom is -0.473 e. The molecular weight excluding hydrogens is 256 g/mol. The lowest BCUT2D eigenvalue weighted by molar-refractivity contribution is -0.125. The summed E-state index contributed by atoms with van der Waals surface area (Å²) in [7, 11) is 0. The second kappa shape index (κ2) is 5.19. The lowest BCUT2D eigenvalue weighted by atomic mass is 9.89. The summed E-state index contributed by atoms with van der Waals surface area (Å²) >= 11 is 0. The zero-order valence-corrected chi connectivity index (χ0v) is 12.2. The van der Waals surface area contributed by atoms with E-state index in [1.807, 2.05) is 31.7 Å². The maximum Gasteiger partial charge on any atom is 0.239 e. The molecule has 20 heavy (non-hydrogen) atoms. The van der Waals surface area contributed by atoms with Gasteiger partial charge in [-0.2, -0.15) is 4.98 Å². The number of amides is 1. The Morgan fingerprint density at radius 1 is 1.50 bits per heavy atom. The lowest BCUT2D eigenvalue weighted by Crippen LogP contribution is -2.37. The van der Waals surface area contributed by atoms with Crippen molar-refractivity contribution in [3.8, 4) is 5.88 Å². The maximum absolute atomic E-state index is 11.5. The van der Waals surface area contributed by atoms with E-state index in [-0.39, 0.29) is 12.0 Å². The molecule has 1 unspecified atom stereocenters. The van der Waals surface area contributed by atoms with E-state index in [1.54, 1.807) is 6.07 Å². The van der Waals surface area contributed by atoms with E-state index in [1.165, 1.54) is 0 Å². The van der Waals surface area contributed by atoms with E-state index in [9.17, 15) is 4.79 Å². The van der Waals surface area contributed by atoms with E-state index in [2.05, 4.69) is 4.98 Å². The Labute approximate surface area is 119 Å². The summed E-state index contributed by atoms with van der Waals surface area (Å²) in [6.07, 6.45) is 0.740. The topological polar surface area (TPSA) is 94.5 Å². The van der Waals surface area contributed by atoms with Crippen molar-refractivity contribution in [2.75, 3.05) is 23.7 Å². The van der Waals surface area contributed by atoms with E-state index in [4.69, 9.17) is 16.2 Å². The number of rotatable bonds is 4. The quantitative estimate of drug-likeness (QED) is 0.861. The van der Waals surface area contributed by atoms with Crippen molar-refractivity contribution in [1.82, 2.24) is 4.98 Å². The molecule has 2 heterocycles. The largest absolute Gasteiger partial charge is 0.473 e. The summed E-state index contributed by atoms with van der Waals surface area (Å²) in [5.41, 5.74) is 11.3. The zero-order chi connectivity index (χ0) is 14.9. The first-order valence-corrected chi connectivity index (χ1v) is 6.80. The summed E-state index contributed by atoms with van der Waals surface area (Å²) in [6, 6.07) is 3.62. The third-order valence-electron chi connectivity index (χ3n) is 3.61. The van der Waals surface area contributed by atoms with Crippen LogP contribution in [0, 0.1) is 5.41 Å². The van der Waals surface area contributed by atoms with E-state index >= 15 is 0 Å². The predicted octanol–water partition coefficient (Wildman–Crippen LogP) is 1.15. The summed E-state index contributed by atoms with van der Waals surface area (Å²) in [4.78, 5) is 18.0. The monoisotopic (exact) mass is 278 g/mol. The molecule has 1 aromatic rings. The van der Waals surface area contributed by atoms with Crippen molar-refractivity contribution >= 4 is 17.4 Å². The van der Waals surface area contributed by atoms with Gasteiger partial charge >= 0.3 is 0 Å². The lowest BCUT2D eigenvalue weighted by Gasteiger charge is -2.22. The molecular formula is C14H22N4O2. The molecule has 2 rings (SSSR count). The highest BCUT2D eigenvalue weighted by Gasteiger charge is 2.39. The van der Waals surface area contributed by atoms with E-state index in [0.717, 1.165) is 18.8 Å². The van der Waals surface area contributed by atoms with Crippen LogP contribution in [0.25, 0.3) is 0 Å². The summed E-state index contributed by atoms with van der Waals surface area (Å²) in [5, 5.41) is 0. The average molecular weight is 278 g/mol. The Balaban J connectivity index is 2.20. The number of hydrogen-bond donors (Lipinski definition) is 2. The molecule has 6 nitrogen and oxygen atoms in total. The molecule has 1 aliphatic heterocycles. The van der Waals surface area contributed by atoms with E-state index < -0.39 is 5.41 Å². The highest BCUT2D eigenvalue weighted by Crippen LogP contribution is 2.33. The Morgan fingerprint density at radius 2 is 2.20 bits per heavy atom. The number of nitrogens with two attached hydrogens (primary N) is 2. The molecule has 1 amide bonds. The Bertz CT molecular complexity index is 518. The number of nitrogens with zero attached hydrogens (tertiary/aromatic N) is 2. The van der Waals surface area contributed by atoms with Crippen molar-refractivity contribution in [3.05, 3.63) is 12.1 Å². The number of carbonyl (C=O) groups is 1. The van der Waals surface area contributed by atoms with Gasteiger partial charge in [-0.15, -0.1) is 0 Å². The first-order chi connectivity index (χ1) is 9.32. The van der Waals surface area contributed by atoms with Crippen LogP contribution in [-0.4, -0.2) is 30.1 Å². The molecule has 0 spiro atoms. The van der Waals surface area contributed by atoms with Crippen molar-refractivity contribution in [2.24, 2.45) is 11.1 Å². The molecule has 0 bridgehead atoms. The summed E-state index contributed by atoms with van der Waals surface area (Å²) < 4.78 is 5.59. The molecule has 0 aliphatic carbocycles. The van der Waals surface area contributed by atoms with Crippen molar-refractivity contribution in [3.63, 3.8) is 0 Å². The highest BCUT2D eigenvalue weighted by atomic mass is 16.5. The van der Waals surface area contributed by atoms with Crippen LogP contribution in [0.1, 0.15) is 27.2 Å². The normalized spacial score (nSPS) is 22.3. The van der Waals surface area contributed by atoms with Gasteiger partial charge in [-0.1, -0.05) is 0 Å². The third kappa shape index (κ3) is 2.79. The molecule has 0 saturated carbocycles. The molecule has 4 N–H and O–H groups in total. The van der Waals surface area contributed by atoms with Gasteiger partial charge in [0.2, 0.25) is 11.8 Å². The highest BCUT2D eigenvalue weighted by molar-refractivity contribution is 5.82.